The second-order valence-corrected chi connectivity index (χ2v) is 9.10. The maximum absolute atomic E-state index is 12.5. The number of methoxy groups -OCH3 is 1. The lowest BCUT2D eigenvalue weighted by atomic mass is 9.80. The monoisotopic (exact) mass is 404 g/mol. The first kappa shape index (κ1) is 20.3. The molecule has 2 saturated carbocycles. The standard InChI is InChI=1S/C21H32N4O4/c1-14-22-20(29-24-14)21-10-17(23-18(26)8-7-15-5-3-4-6-15)9-16(21)11-25(13-21)19(27)12-28-2/h15-17H,3-13H2,1-2H3,(H,23,26)/t16-,17+,21-/m0/s1. The summed E-state index contributed by atoms with van der Waals surface area (Å²) in [5.41, 5.74) is -0.381. The summed E-state index contributed by atoms with van der Waals surface area (Å²) >= 11 is 0. The lowest BCUT2D eigenvalue weighted by Gasteiger charge is -2.25. The zero-order valence-corrected chi connectivity index (χ0v) is 17.5. The largest absolute Gasteiger partial charge is 0.375 e. The molecule has 4 rings (SSSR count). The average molecular weight is 405 g/mol. The third-order valence-electron chi connectivity index (χ3n) is 7.07. The Kier molecular flexibility index (Phi) is 5.90. The molecule has 1 aliphatic heterocycles. The van der Waals surface area contributed by atoms with Crippen molar-refractivity contribution >= 4 is 11.8 Å². The molecule has 2 aliphatic carbocycles. The molecule has 0 radical (unpaired) electrons. The van der Waals surface area contributed by atoms with Gasteiger partial charge in [-0.2, -0.15) is 4.98 Å². The van der Waals surface area contributed by atoms with Crippen molar-refractivity contribution in [3.63, 3.8) is 0 Å². The van der Waals surface area contributed by atoms with Crippen molar-refractivity contribution in [3.05, 3.63) is 11.7 Å². The van der Waals surface area contributed by atoms with E-state index in [0.29, 0.717) is 31.2 Å². The number of carbonyl (C=O) groups is 2. The van der Waals surface area contributed by atoms with Crippen LogP contribution in [0.4, 0.5) is 0 Å². The van der Waals surface area contributed by atoms with Crippen LogP contribution in [0.1, 0.15) is 63.1 Å². The van der Waals surface area contributed by atoms with Crippen LogP contribution in [-0.2, 0) is 19.7 Å². The van der Waals surface area contributed by atoms with Crippen LogP contribution in [0, 0.1) is 18.8 Å². The SMILES string of the molecule is COCC(=O)N1C[C@@H]2C[C@@H](NC(=O)CCC3CCCC3)C[C@]2(c2nc(C)no2)C1. The van der Waals surface area contributed by atoms with E-state index >= 15 is 0 Å². The van der Waals surface area contributed by atoms with Gasteiger partial charge in [-0.25, -0.2) is 0 Å². The lowest BCUT2D eigenvalue weighted by molar-refractivity contribution is -0.134. The minimum Gasteiger partial charge on any atom is -0.375 e. The smallest absolute Gasteiger partial charge is 0.248 e. The molecule has 3 aliphatic rings. The number of hydrogen-bond donors (Lipinski definition) is 1. The van der Waals surface area contributed by atoms with Gasteiger partial charge in [-0.1, -0.05) is 30.8 Å². The second kappa shape index (κ2) is 8.42. The number of aromatic nitrogens is 2. The molecule has 8 heteroatoms. The summed E-state index contributed by atoms with van der Waals surface area (Å²) in [5.74, 6) is 2.23. The van der Waals surface area contributed by atoms with Crippen LogP contribution in [0.25, 0.3) is 0 Å². The zero-order chi connectivity index (χ0) is 20.4. The quantitative estimate of drug-likeness (QED) is 0.746. The van der Waals surface area contributed by atoms with Crippen LogP contribution in [0.15, 0.2) is 4.52 Å². The van der Waals surface area contributed by atoms with Gasteiger partial charge in [0.2, 0.25) is 17.7 Å². The van der Waals surface area contributed by atoms with E-state index < -0.39 is 0 Å². The lowest BCUT2D eigenvalue weighted by Crippen LogP contribution is -2.40. The van der Waals surface area contributed by atoms with Gasteiger partial charge >= 0.3 is 0 Å². The van der Waals surface area contributed by atoms with Crippen molar-refractivity contribution in [3.8, 4) is 0 Å². The van der Waals surface area contributed by atoms with E-state index in [2.05, 4.69) is 15.5 Å². The normalized spacial score (nSPS) is 29.4. The number of amides is 2. The van der Waals surface area contributed by atoms with E-state index in [1.54, 1.807) is 6.92 Å². The van der Waals surface area contributed by atoms with Crippen molar-refractivity contribution in [2.75, 3.05) is 26.8 Å². The highest BCUT2D eigenvalue weighted by Gasteiger charge is 2.58. The molecule has 2 amide bonds. The molecule has 0 bridgehead atoms. The second-order valence-electron chi connectivity index (χ2n) is 9.10. The van der Waals surface area contributed by atoms with Crippen molar-refractivity contribution < 1.29 is 18.8 Å². The van der Waals surface area contributed by atoms with Gasteiger partial charge in [-0.3, -0.25) is 9.59 Å². The van der Waals surface area contributed by atoms with Crippen molar-refractivity contribution in [1.29, 1.82) is 0 Å². The Hall–Kier alpha value is -1.96. The fourth-order valence-electron chi connectivity index (χ4n) is 5.65. The highest BCUT2D eigenvalue weighted by molar-refractivity contribution is 5.78. The summed E-state index contributed by atoms with van der Waals surface area (Å²) in [6.07, 6.45) is 8.31. The Morgan fingerprint density at radius 1 is 1.34 bits per heavy atom. The summed E-state index contributed by atoms with van der Waals surface area (Å²) in [6.45, 7) is 3.06. The maximum Gasteiger partial charge on any atom is 0.248 e. The maximum atomic E-state index is 12.5. The Morgan fingerprint density at radius 3 is 2.83 bits per heavy atom. The number of ether oxygens (including phenoxy) is 1. The predicted octanol–water partition coefficient (Wildman–Crippen LogP) is 1.97. The van der Waals surface area contributed by atoms with E-state index in [0.717, 1.165) is 25.2 Å². The van der Waals surface area contributed by atoms with E-state index in [1.807, 2.05) is 4.90 Å². The molecule has 3 atom stereocenters. The number of nitrogens with zero attached hydrogens (tertiary/aromatic N) is 3. The molecule has 29 heavy (non-hydrogen) atoms. The number of carbonyl (C=O) groups excluding carboxylic acids is 2. The summed E-state index contributed by atoms with van der Waals surface area (Å²) in [5, 5.41) is 7.23. The molecule has 0 aromatic carbocycles. The summed E-state index contributed by atoms with van der Waals surface area (Å²) < 4.78 is 10.6. The number of nitrogens with one attached hydrogen (secondary N) is 1. The van der Waals surface area contributed by atoms with Gasteiger partial charge in [-0.15, -0.1) is 0 Å². The summed E-state index contributed by atoms with van der Waals surface area (Å²) in [6, 6.07) is 0.0861. The minimum absolute atomic E-state index is 0.0188. The van der Waals surface area contributed by atoms with Crippen molar-refractivity contribution in [1.82, 2.24) is 20.4 Å². The fraction of sp³-hybridized carbons (Fsp3) is 0.810. The molecule has 1 aromatic rings. The van der Waals surface area contributed by atoms with Crippen LogP contribution >= 0.6 is 0 Å². The number of rotatable bonds is 7. The van der Waals surface area contributed by atoms with E-state index in [4.69, 9.17) is 9.26 Å². The minimum atomic E-state index is -0.381. The van der Waals surface area contributed by atoms with Crippen LogP contribution < -0.4 is 5.32 Å². The van der Waals surface area contributed by atoms with Crippen LogP contribution in [0.3, 0.4) is 0 Å². The molecule has 0 unspecified atom stereocenters. The first-order valence-corrected chi connectivity index (χ1v) is 10.9. The third kappa shape index (κ3) is 4.17. The van der Waals surface area contributed by atoms with Gasteiger partial charge in [0.05, 0.1) is 5.41 Å². The highest BCUT2D eigenvalue weighted by atomic mass is 16.5. The number of likely N-dealkylation sites (tertiary alicyclic amines) is 1. The first-order chi connectivity index (χ1) is 14.0. The van der Waals surface area contributed by atoms with Crippen molar-refractivity contribution in [2.45, 2.75) is 69.7 Å². The predicted molar refractivity (Wildman–Crippen MR) is 105 cm³/mol. The van der Waals surface area contributed by atoms with Gasteiger partial charge in [0.25, 0.3) is 0 Å². The Morgan fingerprint density at radius 2 is 2.14 bits per heavy atom. The Labute approximate surface area is 171 Å². The molecule has 1 saturated heterocycles. The van der Waals surface area contributed by atoms with Gasteiger partial charge in [-0.05, 0) is 38.0 Å². The molecule has 8 nitrogen and oxygen atoms in total. The first-order valence-electron chi connectivity index (χ1n) is 10.9. The topological polar surface area (TPSA) is 97.6 Å². The molecule has 1 N–H and O–H groups in total. The number of fused-ring (bicyclic) bond motifs is 1. The molecule has 2 heterocycles. The molecule has 1 aromatic heterocycles. The van der Waals surface area contributed by atoms with Crippen LogP contribution in [-0.4, -0.2) is 59.7 Å². The molecule has 0 spiro atoms. The van der Waals surface area contributed by atoms with E-state index in [1.165, 1.54) is 32.8 Å². The summed E-state index contributed by atoms with van der Waals surface area (Å²) in [7, 11) is 1.53. The number of aryl methyl sites for hydroxylation is 1. The molecular weight excluding hydrogens is 372 g/mol. The van der Waals surface area contributed by atoms with Gasteiger partial charge < -0.3 is 19.5 Å². The van der Waals surface area contributed by atoms with Crippen LogP contribution in [0.2, 0.25) is 0 Å². The number of hydrogen-bond acceptors (Lipinski definition) is 6. The Balaban J connectivity index is 1.41. The highest BCUT2D eigenvalue weighted by Crippen LogP contribution is 2.50. The fourth-order valence-corrected chi connectivity index (χ4v) is 5.65. The van der Waals surface area contributed by atoms with Crippen molar-refractivity contribution in [2.24, 2.45) is 11.8 Å². The summed E-state index contributed by atoms with van der Waals surface area (Å²) in [4.78, 5) is 31.3. The molecular formula is C21H32N4O4. The van der Waals surface area contributed by atoms with E-state index in [9.17, 15) is 9.59 Å². The van der Waals surface area contributed by atoms with Gasteiger partial charge in [0.1, 0.15) is 6.61 Å². The Bertz CT molecular complexity index is 745. The zero-order valence-electron chi connectivity index (χ0n) is 17.5. The van der Waals surface area contributed by atoms with E-state index in [-0.39, 0.29) is 35.8 Å². The molecule has 3 fully saturated rings. The average Bonchev–Trinajstić information content (AvgIpc) is 3.43. The molecule has 160 valence electrons. The van der Waals surface area contributed by atoms with Gasteiger partial charge in [0, 0.05) is 32.7 Å². The van der Waals surface area contributed by atoms with Crippen LogP contribution in [0.5, 0.6) is 0 Å². The third-order valence-corrected chi connectivity index (χ3v) is 7.07. The van der Waals surface area contributed by atoms with Gasteiger partial charge in [0.15, 0.2) is 5.82 Å².